The Morgan fingerprint density at radius 2 is 1.73 bits per heavy atom. The Balaban J connectivity index is 3.01. The van der Waals surface area contributed by atoms with Gasteiger partial charge in [0.1, 0.15) is 8.93 Å². The van der Waals surface area contributed by atoms with E-state index in [9.17, 15) is 4.79 Å². The highest BCUT2D eigenvalue weighted by atomic mass is 32.6. The fourth-order valence-corrected chi connectivity index (χ4v) is 2.41. The molecular formula is C11H15OP2S+. The predicted octanol–water partition coefficient (Wildman–Crippen LogP) is 3.86. The second-order valence-corrected chi connectivity index (χ2v) is 9.37. The molecule has 0 heterocycles. The molecule has 0 saturated carbocycles. The number of benzene rings is 1. The minimum absolute atomic E-state index is 0.0606. The summed E-state index contributed by atoms with van der Waals surface area (Å²) in [5.74, 6) is 0. The van der Waals surface area contributed by atoms with E-state index in [0.717, 1.165) is 5.56 Å². The monoisotopic (exact) mass is 257 g/mol. The van der Waals surface area contributed by atoms with Crippen LogP contribution in [0.25, 0.3) is 0 Å². The molecule has 1 aromatic carbocycles. The van der Waals surface area contributed by atoms with Crippen LogP contribution in [0.4, 0.5) is 0 Å². The van der Waals surface area contributed by atoms with Crippen LogP contribution in [-0.2, 0) is 17.2 Å². The van der Waals surface area contributed by atoms with E-state index in [-0.39, 0.29) is 10.9 Å². The van der Waals surface area contributed by atoms with Crippen LogP contribution in [0.15, 0.2) is 24.3 Å². The third kappa shape index (κ3) is 3.41. The van der Waals surface area contributed by atoms with Gasteiger partial charge in [0.2, 0.25) is 0 Å². The topological polar surface area (TPSA) is 17.1 Å². The van der Waals surface area contributed by atoms with Crippen LogP contribution in [0, 0.1) is 0 Å². The van der Waals surface area contributed by atoms with Crippen molar-refractivity contribution < 1.29 is 4.79 Å². The van der Waals surface area contributed by atoms with Crippen LogP contribution < -0.4 is 0 Å². The standard InChI is InChI=1S/C11H15OP2S/c1-11(2,3)9-6-4-8(5-7-9)10(12)14(13)15/h4-7H,13H2,1-3H3/q+1. The molecule has 2 atom stereocenters. The van der Waals surface area contributed by atoms with Crippen LogP contribution in [0.5, 0.6) is 0 Å². The number of carbonyl (C=O) groups excluding carboxylic acids is 1. The maximum atomic E-state index is 11.6. The lowest BCUT2D eigenvalue weighted by molar-refractivity contribution is 0.108. The summed E-state index contributed by atoms with van der Waals surface area (Å²) in [6.07, 6.45) is -1.01. The van der Waals surface area contributed by atoms with E-state index in [1.807, 2.05) is 24.3 Å². The van der Waals surface area contributed by atoms with Crippen LogP contribution in [0.2, 0.25) is 0 Å². The highest BCUT2D eigenvalue weighted by molar-refractivity contribution is 8.40. The molecule has 0 radical (unpaired) electrons. The van der Waals surface area contributed by atoms with Crippen molar-refractivity contribution in [2.75, 3.05) is 0 Å². The van der Waals surface area contributed by atoms with Crippen molar-refractivity contribution in [3.05, 3.63) is 35.4 Å². The van der Waals surface area contributed by atoms with E-state index >= 15 is 0 Å². The Labute approximate surface area is 99.2 Å². The summed E-state index contributed by atoms with van der Waals surface area (Å²) < 4.78 is 0. The van der Waals surface area contributed by atoms with Crippen molar-refractivity contribution in [2.45, 2.75) is 26.2 Å². The smallest absolute Gasteiger partial charge is 0.237 e. The first-order chi connectivity index (χ1) is 6.82. The fourth-order valence-electron chi connectivity index (χ4n) is 1.24. The summed E-state index contributed by atoms with van der Waals surface area (Å²) in [7, 11) is 2.41. The first kappa shape index (κ1) is 12.9. The maximum absolute atomic E-state index is 11.6. The van der Waals surface area contributed by atoms with Crippen molar-refractivity contribution in [2.24, 2.45) is 0 Å². The van der Waals surface area contributed by atoms with Crippen molar-refractivity contribution >= 4 is 32.6 Å². The van der Waals surface area contributed by atoms with Gasteiger partial charge < -0.3 is 0 Å². The van der Waals surface area contributed by atoms with Gasteiger partial charge in [-0.3, -0.25) is 0 Å². The first-order valence-corrected chi connectivity index (χ1v) is 8.66. The van der Waals surface area contributed by atoms with Crippen molar-refractivity contribution in [3.63, 3.8) is 0 Å². The summed E-state index contributed by atoms with van der Waals surface area (Å²) >= 11 is 4.97. The minimum atomic E-state index is -1.01. The van der Waals surface area contributed by atoms with E-state index in [0.29, 0.717) is 0 Å². The van der Waals surface area contributed by atoms with E-state index in [1.165, 1.54) is 5.56 Å². The molecular weight excluding hydrogens is 242 g/mol. The SMILES string of the molecule is CC(C)(C)c1ccc(C(=O)[P+](P)=S)cc1. The molecule has 1 aromatic rings. The number of hydrogen-bond donors (Lipinski definition) is 0. The zero-order chi connectivity index (χ0) is 11.6. The van der Waals surface area contributed by atoms with Gasteiger partial charge in [-0.15, -0.1) is 0 Å². The van der Waals surface area contributed by atoms with Crippen molar-refractivity contribution in [3.8, 4) is 0 Å². The third-order valence-corrected chi connectivity index (χ3v) is 4.06. The second kappa shape index (κ2) is 4.78. The lowest BCUT2D eigenvalue weighted by Gasteiger charge is -2.18. The Morgan fingerprint density at radius 3 is 2.07 bits per heavy atom. The lowest BCUT2D eigenvalue weighted by Crippen LogP contribution is -2.10. The molecule has 80 valence electrons. The normalized spacial score (nSPS) is 12.4. The molecule has 15 heavy (non-hydrogen) atoms. The van der Waals surface area contributed by atoms with Crippen molar-refractivity contribution in [1.29, 1.82) is 0 Å². The molecule has 0 amide bonds. The second-order valence-electron chi connectivity index (χ2n) is 4.46. The van der Waals surface area contributed by atoms with E-state index in [4.69, 9.17) is 11.8 Å². The largest absolute Gasteiger partial charge is 0.368 e. The molecule has 0 aliphatic rings. The maximum Gasteiger partial charge on any atom is 0.368 e. The van der Waals surface area contributed by atoms with Gasteiger partial charge in [-0.25, -0.2) is 4.79 Å². The first-order valence-electron chi connectivity index (χ1n) is 4.69. The van der Waals surface area contributed by atoms with Crippen LogP contribution in [0.3, 0.4) is 0 Å². The molecule has 0 bridgehead atoms. The highest BCUT2D eigenvalue weighted by Crippen LogP contribution is 2.35. The summed E-state index contributed by atoms with van der Waals surface area (Å²) in [6.45, 7) is 6.46. The molecule has 0 fully saturated rings. The van der Waals surface area contributed by atoms with E-state index in [1.54, 1.807) is 0 Å². The summed E-state index contributed by atoms with van der Waals surface area (Å²) in [4.78, 5) is 11.6. The molecule has 0 aromatic heterocycles. The van der Waals surface area contributed by atoms with Crippen LogP contribution in [0.1, 0.15) is 36.7 Å². The molecule has 0 aliphatic heterocycles. The molecule has 2 unspecified atom stereocenters. The van der Waals surface area contributed by atoms with E-state index in [2.05, 4.69) is 29.7 Å². The molecule has 1 rings (SSSR count). The molecule has 0 aliphatic carbocycles. The number of carbonyl (C=O) groups is 1. The molecule has 0 N–H and O–H groups in total. The third-order valence-electron chi connectivity index (χ3n) is 2.20. The summed E-state index contributed by atoms with van der Waals surface area (Å²) in [6, 6.07) is 7.75. The fraction of sp³-hybridized carbons (Fsp3) is 0.364. The zero-order valence-corrected chi connectivity index (χ0v) is 12.0. The Bertz CT molecular complexity index is 390. The Kier molecular flexibility index (Phi) is 4.12. The predicted molar refractivity (Wildman–Crippen MR) is 73.5 cm³/mol. The lowest BCUT2D eigenvalue weighted by atomic mass is 9.87. The molecule has 1 nitrogen and oxygen atoms in total. The zero-order valence-electron chi connectivity index (χ0n) is 9.15. The van der Waals surface area contributed by atoms with Crippen molar-refractivity contribution in [1.82, 2.24) is 0 Å². The van der Waals surface area contributed by atoms with Gasteiger partial charge >= 0.3 is 5.52 Å². The van der Waals surface area contributed by atoms with Gasteiger partial charge in [-0.2, -0.15) is 0 Å². The Morgan fingerprint density at radius 1 is 1.27 bits per heavy atom. The van der Waals surface area contributed by atoms with Gasteiger partial charge in [0.15, 0.2) is 11.8 Å². The van der Waals surface area contributed by atoms with E-state index < -0.39 is 6.39 Å². The Hall–Kier alpha value is -0.160. The van der Waals surface area contributed by atoms with Gasteiger partial charge in [0.25, 0.3) is 6.39 Å². The van der Waals surface area contributed by atoms with Crippen LogP contribution >= 0.6 is 15.3 Å². The van der Waals surface area contributed by atoms with Gasteiger partial charge in [0, 0.05) is 0 Å². The average molecular weight is 257 g/mol. The number of rotatable bonds is 2. The van der Waals surface area contributed by atoms with Crippen LogP contribution in [-0.4, -0.2) is 5.52 Å². The summed E-state index contributed by atoms with van der Waals surface area (Å²) in [5, 5.41) is 0. The minimum Gasteiger partial charge on any atom is -0.237 e. The number of hydrogen-bond acceptors (Lipinski definition) is 2. The highest BCUT2D eigenvalue weighted by Gasteiger charge is 2.20. The molecule has 0 saturated heterocycles. The average Bonchev–Trinajstić information content (AvgIpc) is 2.15. The van der Waals surface area contributed by atoms with Gasteiger partial charge in [-0.1, -0.05) is 32.9 Å². The van der Waals surface area contributed by atoms with Gasteiger partial charge in [0.05, 0.1) is 5.56 Å². The molecule has 0 spiro atoms. The molecule has 4 heteroatoms. The quantitative estimate of drug-likeness (QED) is 0.748. The van der Waals surface area contributed by atoms with Gasteiger partial charge in [-0.05, 0) is 23.1 Å². The summed E-state index contributed by atoms with van der Waals surface area (Å²) in [5.41, 5.74) is 2.14.